The Morgan fingerprint density at radius 2 is 1.23 bits per heavy atom. The lowest BCUT2D eigenvalue weighted by Gasteiger charge is -2.29. The molecular formula is C41H33NOSi. The van der Waals surface area contributed by atoms with Gasteiger partial charge in [-0.2, -0.15) is 0 Å². The maximum absolute atomic E-state index is 6.56. The van der Waals surface area contributed by atoms with E-state index in [2.05, 4.69) is 159 Å². The van der Waals surface area contributed by atoms with Crippen molar-refractivity contribution < 1.29 is 4.42 Å². The van der Waals surface area contributed by atoms with Crippen LogP contribution in [0.25, 0.3) is 44.2 Å². The summed E-state index contributed by atoms with van der Waals surface area (Å²) < 4.78 is 6.56. The van der Waals surface area contributed by atoms with Gasteiger partial charge in [0, 0.05) is 38.8 Å². The fourth-order valence-electron chi connectivity index (χ4n) is 7.98. The van der Waals surface area contributed by atoms with Gasteiger partial charge in [0.1, 0.15) is 19.2 Å². The number of hydrogen-bond acceptors (Lipinski definition) is 2. The normalized spacial score (nSPS) is 15.2. The third-order valence-corrected chi connectivity index (χ3v) is 13.8. The van der Waals surface area contributed by atoms with E-state index in [9.17, 15) is 0 Å². The van der Waals surface area contributed by atoms with E-state index < -0.39 is 8.07 Å². The standard InChI is InChI=1S/C41H33NOSi/c1-41(2)34-16-10-8-14-29(34)30-20-18-27(24-35(30)41)42(26-12-6-5-7-13-26)28-19-21-33-38(25-28)44(3,4)37-23-22-32-31-15-9-11-17-36(31)43-40(32)39(33)37/h5-25H,1-4H3. The molecule has 0 bridgehead atoms. The van der Waals surface area contributed by atoms with Gasteiger partial charge in [-0.25, -0.2) is 0 Å². The lowest BCUT2D eigenvalue weighted by Crippen LogP contribution is -2.49. The van der Waals surface area contributed by atoms with Gasteiger partial charge in [0.2, 0.25) is 0 Å². The molecule has 0 N–H and O–H groups in total. The van der Waals surface area contributed by atoms with Crippen LogP contribution in [0.4, 0.5) is 17.1 Å². The monoisotopic (exact) mass is 583 g/mol. The zero-order valence-corrected chi connectivity index (χ0v) is 26.5. The maximum Gasteiger partial charge on any atom is 0.143 e. The first-order valence-corrected chi connectivity index (χ1v) is 18.5. The predicted molar refractivity (Wildman–Crippen MR) is 188 cm³/mol. The van der Waals surface area contributed by atoms with Crippen molar-refractivity contribution in [3.63, 3.8) is 0 Å². The van der Waals surface area contributed by atoms with Crippen LogP contribution < -0.4 is 15.3 Å². The average Bonchev–Trinajstić information content (AvgIpc) is 3.62. The van der Waals surface area contributed by atoms with Crippen LogP contribution in [-0.2, 0) is 5.41 Å². The average molecular weight is 584 g/mol. The number of rotatable bonds is 3. The molecule has 212 valence electrons. The maximum atomic E-state index is 6.56. The number of fused-ring (bicyclic) bond motifs is 10. The molecule has 2 nitrogen and oxygen atoms in total. The molecule has 1 aliphatic heterocycles. The van der Waals surface area contributed by atoms with E-state index in [1.807, 2.05) is 0 Å². The Hall–Kier alpha value is -4.86. The summed E-state index contributed by atoms with van der Waals surface area (Å²) in [5.41, 5.74) is 13.6. The van der Waals surface area contributed by atoms with Gasteiger partial charge in [-0.3, -0.25) is 0 Å². The Labute approximate surface area is 259 Å². The van der Waals surface area contributed by atoms with Crippen LogP contribution in [0.3, 0.4) is 0 Å². The third kappa shape index (κ3) is 3.36. The molecule has 2 aliphatic rings. The topological polar surface area (TPSA) is 16.4 Å². The second-order valence-corrected chi connectivity index (χ2v) is 17.7. The molecule has 6 aromatic carbocycles. The van der Waals surface area contributed by atoms with E-state index in [-0.39, 0.29) is 5.41 Å². The number of anilines is 3. The molecule has 0 saturated carbocycles. The summed E-state index contributed by atoms with van der Waals surface area (Å²) in [6.45, 7) is 9.68. The Balaban J connectivity index is 1.24. The molecule has 0 amide bonds. The first-order chi connectivity index (χ1) is 21.3. The highest BCUT2D eigenvalue weighted by Gasteiger charge is 2.40. The third-order valence-electron chi connectivity index (χ3n) is 10.3. The largest absolute Gasteiger partial charge is 0.455 e. The Morgan fingerprint density at radius 1 is 0.545 bits per heavy atom. The van der Waals surface area contributed by atoms with E-state index in [0.29, 0.717) is 0 Å². The molecule has 0 spiro atoms. The predicted octanol–water partition coefficient (Wildman–Crippen LogP) is 10.2. The van der Waals surface area contributed by atoms with Crippen molar-refractivity contribution in [1.82, 2.24) is 0 Å². The van der Waals surface area contributed by atoms with E-state index in [1.54, 1.807) is 0 Å². The highest BCUT2D eigenvalue weighted by molar-refractivity contribution is 7.04. The minimum atomic E-state index is -2.00. The number of nitrogens with zero attached hydrogens (tertiary/aromatic N) is 1. The fraction of sp³-hybridized carbons (Fsp3) is 0.122. The summed E-state index contributed by atoms with van der Waals surface area (Å²) in [6.07, 6.45) is 0. The smallest absolute Gasteiger partial charge is 0.143 e. The van der Waals surface area contributed by atoms with Gasteiger partial charge < -0.3 is 9.32 Å². The molecule has 3 heteroatoms. The van der Waals surface area contributed by atoms with E-state index in [0.717, 1.165) is 16.9 Å². The van der Waals surface area contributed by atoms with Crippen LogP contribution in [0, 0.1) is 0 Å². The van der Waals surface area contributed by atoms with Gasteiger partial charge in [0.25, 0.3) is 0 Å². The van der Waals surface area contributed by atoms with Gasteiger partial charge >= 0.3 is 0 Å². The Morgan fingerprint density at radius 3 is 2.07 bits per heavy atom. The Kier molecular flexibility index (Phi) is 5.15. The molecule has 0 fully saturated rings. The van der Waals surface area contributed by atoms with Gasteiger partial charge in [0.15, 0.2) is 0 Å². The summed E-state index contributed by atoms with van der Waals surface area (Å²) in [4.78, 5) is 2.43. The van der Waals surface area contributed by atoms with Gasteiger partial charge in [-0.05, 0) is 80.7 Å². The number of hydrogen-bond donors (Lipinski definition) is 0. The quantitative estimate of drug-likeness (QED) is 0.192. The molecule has 0 atom stereocenters. The molecule has 0 unspecified atom stereocenters. The molecule has 0 saturated heterocycles. The summed E-state index contributed by atoms with van der Waals surface area (Å²) in [5, 5.41) is 5.31. The lowest BCUT2D eigenvalue weighted by atomic mass is 9.82. The van der Waals surface area contributed by atoms with Crippen LogP contribution in [0.1, 0.15) is 25.0 Å². The highest BCUT2D eigenvalue weighted by Crippen LogP contribution is 2.50. The van der Waals surface area contributed by atoms with Crippen LogP contribution in [0.2, 0.25) is 13.1 Å². The molecule has 7 aromatic rings. The van der Waals surface area contributed by atoms with Crippen molar-refractivity contribution >= 4 is 57.4 Å². The highest BCUT2D eigenvalue weighted by atomic mass is 28.3. The first kappa shape index (κ1) is 25.6. The summed E-state index contributed by atoms with van der Waals surface area (Å²) >= 11 is 0. The van der Waals surface area contributed by atoms with E-state index in [4.69, 9.17) is 4.42 Å². The van der Waals surface area contributed by atoms with Crippen LogP contribution in [0.15, 0.2) is 132 Å². The number of furan rings is 1. The van der Waals surface area contributed by atoms with Crippen molar-refractivity contribution in [3.05, 3.63) is 139 Å². The van der Waals surface area contributed by atoms with Gasteiger partial charge in [0.05, 0.1) is 0 Å². The molecule has 9 rings (SSSR count). The van der Waals surface area contributed by atoms with Gasteiger partial charge in [-0.1, -0.05) is 112 Å². The van der Waals surface area contributed by atoms with Crippen LogP contribution in [-0.4, -0.2) is 8.07 Å². The molecule has 2 heterocycles. The number of para-hydroxylation sites is 2. The van der Waals surface area contributed by atoms with Crippen molar-refractivity contribution in [1.29, 1.82) is 0 Å². The summed E-state index contributed by atoms with van der Waals surface area (Å²) in [5.74, 6) is 0. The minimum absolute atomic E-state index is 0.0588. The van der Waals surface area contributed by atoms with Crippen molar-refractivity contribution in [2.45, 2.75) is 32.4 Å². The minimum Gasteiger partial charge on any atom is -0.455 e. The summed E-state index contributed by atoms with van der Waals surface area (Å²) in [7, 11) is -2.00. The molecule has 0 radical (unpaired) electrons. The molecular weight excluding hydrogens is 551 g/mol. The van der Waals surface area contributed by atoms with Crippen molar-refractivity contribution in [2.75, 3.05) is 4.90 Å². The zero-order chi connectivity index (χ0) is 29.8. The zero-order valence-electron chi connectivity index (χ0n) is 25.5. The van der Waals surface area contributed by atoms with Crippen molar-refractivity contribution in [3.8, 4) is 22.3 Å². The SMILES string of the molecule is CC1(C)c2ccccc2-c2ccc(N(c3ccccc3)c3ccc4c(c3)[Si](C)(C)c3ccc5c(oc6ccccc65)c3-4)cc21. The van der Waals surface area contributed by atoms with Crippen LogP contribution >= 0.6 is 0 Å². The van der Waals surface area contributed by atoms with Crippen molar-refractivity contribution in [2.24, 2.45) is 0 Å². The molecule has 44 heavy (non-hydrogen) atoms. The second-order valence-electron chi connectivity index (χ2n) is 13.4. The molecule has 1 aromatic heterocycles. The van der Waals surface area contributed by atoms with Crippen LogP contribution in [0.5, 0.6) is 0 Å². The second kappa shape index (κ2) is 8.84. The fourth-order valence-corrected chi connectivity index (χ4v) is 11.0. The van der Waals surface area contributed by atoms with Gasteiger partial charge in [-0.15, -0.1) is 0 Å². The number of benzene rings is 6. The lowest BCUT2D eigenvalue weighted by molar-refractivity contribution is 0.660. The first-order valence-electron chi connectivity index (χ1n) is 15.5. The summed E-state index contributed by atoms with van der Waals surface area (Å²) in [6, 6.07) is 46.9. The Bertz CT molecular complexity index is 2290. The van der Waals surface area contributed by atoms with E-state index >= 15 is 0 Å². The van der Waals surface area contributed by atoms with E-state index in [1.165, 1.54) is 65.9 Å². The molecule has 1 aliphatic carbocycles.